The number of hydrogen-bond acceptors (Lipinski definition) is 10. The van der Waals surface area contributed by atoms with Crippen molar-refractivity contribution in [3.05, 3.63) is 251 Å². The van der Waals surface area contributed by atoms with Gasteiger partial charge in [0.2, 0.25) is 6.36 Å². The van der Waals surface area contributed by atoms with Crippen LogP contribution in [0.2, 0.25) is 0 Å². The second kappa shape index (κ2) is 27.2. The maximum atomic E-state index is 17.0. The molecule has 0 amide bonds. The van der Waals surface area contributed by atoms with Crippen LogP contribution in [0.25, 0.3) is 0 Å². The van der Waals surface area contributed by atoms with Crippen molar-refractivity contribution < 1.29 is 51.8 Å². The highest BCUT2D eigenvalue weighted by atomic mass is 19.1. The molecule has 2 aliphatic heterocycles. The van der Waals surface area contributed by atoms with Gasteiger partial charge in [0.15, 0.2) is 6.29 Å². The van der Waals surface area contributed by atoms with Crippen LogP contribution in [0.15, 0.2) is 212 Å². The van der Waals surface area contributed by atoms with Crippen LogP contribution in [0.5, 0.6) is 0 Å². The fraction of sp³-hybridized carbons (Fsp3) is 0.311. The van der Waals surface area contributed by atoms with Gasteiger partial charge in [0, 0.05) is 0 Å². The largest absolute Gasteiger partial charge is 0.374 e. The topological polar surface area (TPSA) is 92.3 Å². The lowest BCUT2D eigenvalue weighted by atomic mass is 9.97. The number of ether oxygens (including phenoxy) is 10. The van der Waals surface area contributed by atoms with Crippen LogP contribution in [0.3, 0.4) is 0 Å². The van der Waals surface area contributed by atoms with Crippen molar-refractivity contribution >= 4 is 0 Å². The van der Waals surface area contributed by atoms with E-state index in [0.717, 1.165) is 38.9 Å². The van der Waals surface area contributed by atoms with Crippen LogP contribution in [0.1, 0.15) is 38.9 Å². The number of rotatable bonds is 25. The highest BCUT2D eigenvalue weighted by Crippen LogP contribution is 2.35. The van der Waals surface area contributed by atoms with Gasteiger partial charge in [0.25, 0.3) is 0 Å². The molecule has 11 heteroatoms. The van der Waals surface area contributed by atoms with E-state index in [1.54, 1.807) is 0 Å². The molecule has 0 radical (unpaired) electrons. The summed E-state index contributed by atoms with van der Waals surface area (Å²) in [5.74, 6) is 0. The Hall–Kier alpha value is -5.93. The first-order valence-electron chi connectivity index (χ1n) is 24.7. The van der Waals surface area contributed by atoms with Gasteiger partial charge in [-0.25, -0.2) is 4.39 Å². The van der Waals surface area contributed by atoms with E-state index in [2.05, 4.69) is 0 Å². The second-order valence-corrected chi connectivity index (χ2v) is 18.0. The molecule has 9 rings (SSSR count). The Balaban J connectivity index is 1.04. The molecule has 2 aliphatic rings. The van der Waals surface area contributed by atoms with Crippen molar-refractivity contribution in [3.63, 3.8) is 0 Å². The zero-order chi connectivity index (χ0) is 49.0. The molecule has 0 saturated carbocycles. The van der Waals surface area contributed by atoms with Gasteiger partial charge in [-0.2, -0.15) is 0 Å². The van der Waals surface area contributed by atoms with E-state index in [1.807, 2.05) is 212 Å². The highest BCUT2D eigenvalue weighted by Gasteiger charge is 2.52. The molecule has 7 aromatic rings. The molecule has 0 aliphatic carbocycles. The summed E-state index contributed by atoms with van der Waals surface area (Å²) < 4.78 is 84.2. The third-order valence-corrected chi connectivity index (χ3v) is 12.7. The van der Waals surface area contributed by atoms with Crippen LogP contribution < -0.4 is 0 Å². The molecule has 2 fully saturated rings. The number of alkyl halides is 1. The summed E-state index contributed by atoms with van der Waals surface area (Å²) in [6.45, 7) is 1.55. The predicted molar refractivity (Wildman–Crippen MR) is 271 cm³/mol. The third kappa shape index (κ3) is 14.8. The molecule has 2 heterocycles. The molecule has 10 atom stereocenters. The van der Waals surface area contributed by atoms with Gasteiger partial charge in [0.1, 0.15) is 48.8 Å². The van der Waals surface area contributed by atoms with Crippen molar-refractivity contribution in [2.45, 2.75) is 108 Å². The Morgan fingerprint density at radius 3 is 0.917 bits per heavy atom. The molecule has 0 aromatic heterocycles. The van der Waals surface area contributed by atoms with E-state index >= 15 is 4.39 Å². The van der Waals surface area contributed by atoms with Crippen LogP contribution in [-0.2, 0) is 93.6 Å². The summed E-state index contributed by atoms with van der Waals surface area (Å²) in [5.41, 5.74) is 6.62. The molecule has 374 valence electrons. The lowest BCUT2D eigenvalue weighted by molar-refractivity contribution is -0.344. The van der Waals surface area contributed by atoms with E-state index in [9.17, 15) is 0 Å². The van der Waals surface area contributed by atoms with E-state index in [1.165, 1.54) is 0 Å². The summed E-state index contributed by atoms with van der Waals surface area (Å²) in [6.07, 6.45) is -9.93. The molecule has 7 aromatic carbocycles. The minimum atomic E-state index is -1.91. The normalized spacial score (nSPS) is 24.2. The first-order valence-corrected chi connectivity index (χ1v) is 24.7. The van der Waals surface area contributed by atoms with Gasteiger partial charge >= 0.3 is 0 Å². The highest BCUT2D eigenvalue weighted by molar-refractivity contribution is 5.19. The third-order valence-electron chi connectivity index (χ3n) is 12.7. The molecule has 2 saturated heterocycles. The summed E-state index contributed by atoms with van der Waals surface area (Å²) in [7, 11) is 0. The summed E-state index contributed by atoms with van der Waals surface area (Å²) >= 11 is 0. The Bertz CT molecular complexity index is 2550. The van der Waals surface area contributed by atoms with Crippen molar-refractivity contribution in [2.75, 3.05) is 13.2 Å². The first kappa shape index (κ1) is 51.0. The van der Waals surface area contributed by atoms with E-state index in [-0.39, 0.29) is 52.9 Å². The van der Waals surface area contributed by atoms with Crippen LogP contribution in [0.4, 0.5) is 4.39 Å². The minimum Gasteiger partial charge on any atom is -0.374 e. The minimum absolute atomic E-state index is 0.134. The van der Waals surface area contributed by atoms with Gasteiger partial charge < -0.3 is 47.4 Å². The molecule has 0 spiro atoms. The van der Waals surface area contributed by atoms with Crippen LogP contribution in [-0.4, -0.2) is 74.7 Å². The standard InChI is InChI=1S/C61H63FO10/c62-60-58(68-41-50-32-18-6-19-33-50)56(66-39-48-28-14-4-15-29-48)55(65-38-47-26-12-3-13-27-47)53(71-60)44-70-61-59(69-42-51-34-20-7-21-35-51)57(67-40-49-30-16-5-17-31-49)54(64-37-46-24-10-2-11-25-46)52(72-61)43-63-36-45-22-8-1-9-23-45/h1-35,52-61H,36-44H2/t52-,53-,54-,55-,56+,57+,58-,59+,60-,61?/m1/s1. The molecule has 0 bridgehead atoms. The number of hydrogen-bond donors (Lipinski definition) is 0. The fourth-order valence-corrected chi connectivity index (χ4v) is 8.94. The Morgan fingerprint density at radius 1 is 0.278 bits per heavy atom. The molecule has 1 unspecified atom stereocenters. The van der Waals surface area contributed by atoms with Crippen molar-refractivity contribution in [2.24, 2.45) is 0 Å². The molecular formula is C61H63FO10. The van der Waals surface area contributed by atoms with Crippen molar-refractivity contribution in [1.82, 2.24) is 0 Å². The van der Waals surface area contributed by atoms with Gasteiger partial charge in [-0.3, -0.25) is 0 Å². The molecular weight excluding hydrogens is 912 g/mol. The Labute approximate surface area is 422 Å². The van der Waals surface area contributed by atoms with Gasteiger partial charge in [0.05, 0.1) is 59.5 Å². The van der Waals surface area contributed by atoms with E-state index < -0.39 is 61.5 Å². The SMILES string of the molecule is F[C@@H]1O[C@H](COC2O[C@H](COCc3ccccc3)[C@@H](OCc3ccccc3)[C@H](OCc3ccccc3)[C@@H]2OCc2ccccc2)[C@@H](OCc2ccccc2)[C@H](OCc2ccccc2)[C@H]1OCc1ccccc1. The maximum Gasteiger partial charge on any atom is 0.228 e. The van der Waals surface area contributed by atoms with Crippen LogP contribution in [0, 0.1) is 0 Å². The number of halogens is 1. The van der Waals surface area contributed by atoms with Gasteiger partial charge in [-0.1, -0.05) is 212 Å². The average Bonchev–Trinajstić information content (AvgIpc) is 3.44. The van der Waals surface area contributed by atoms with E-state index in [0.29, 0.717) is 6.61 Å². The lowest BCUT2D eigenvalue weighted by Gasteiger charge is -2.47. The maximum absolute atomic E-state index is 17.0. The zero-order valence-electron chi connectivity index (χ0n) is 40.3. The quantitative estimate of drug-likeness (QED) is 0.0551. The molecule has 10 nitrogen and oxygen atoms in total. The van der Waals surface area contributed by atoms with Gasteiger partial charge in [-0.05, 0) is 38.9 Å². The summed E-state index contributed by atoms with van der Waals surface area (Å²) in [6, 6.07) is 69.0. The molecule has 0 N–H and O–H groups in total. The van der Waals surface area contributed by atoms with Crippen LogP contribution >= 0.6 is 0 Å². The Morgan fingerprint density at radius 2 is 0.556 bits per heavy atom. The Kier molecular flexibility index (Phi) is 19.3. The smallest absolute Gasteiger partial charge is 0.228 e. The van der Waals surface area contributed by atoms with E-state index in [4.69, 9.17) is 47.4 Å². The monoisotopic (exact) mass is 974 g/mol. The van der Waals surface area contributed by atoms with Gasteiger partial charge in [-0.15, -0.1) is 0 Å². The summed E-state index contributed by atoms with van der Waals surface area (Å²) in [5, 5.41) is 0. The van der Waals surface area contributed by atoms with Crippen molar-refractivity contribution in [1.29, 1.82) is 0 Å². The molecule has 72 heavy (non-hydrogen) atoms. The first-order chi connectivity index (χ1) is 35.6. The summed E-state index contributed by atoms with van der Waals surface area (Å²) in [4.78, 5) is 0. The second-order valence-electron chi connectivity index (χ2n) is 18.0. The fourth-order valence-electron chi connectivity index (χ4n) is 8.94. The number of benzene rings is 7. The predicted octanol–water partition coefficient (Wildman–Crippen LogP) is 11.2. The zero-order valence-corrected chi connectivity index (χ0v) is 40.3. The van der Waals surface area contributed by atoms with Crippen molar-refractivity contribution in [3.8, 4) is 0 Å². The average molecular weight is 975 g/mol. The lowest BCUT2D eigenvalue weighted by Crippen LogP contribution is -2.63.